The molecule has 1 unspecified atom stereocenters. The van der Waals surface area contributed by atoms with Crippen LogP contribution in [-0.4, -0.2) is 18.1 Å². The standard InChI is InChI=1S/C11H13NO2/c1-12-10-6-5-7-8(10)3-2-4-9(7)11(13)14/h2-4,10,12H,5-6H2,1H3,(H,13,14). The summed E-state index contributed by atoms with van der Waals surface area (Å²) in [5, 5.41) is 12.2. The third kappa shape index (κ3) is 1.30. The van der Waals surface area contributed by atoms with Crippen LogP contribution in [0.3, 0.4) is 0 Å². The lowest BCUT2D eigenvalue weighted by atomic mass is 10.0. The Morgan fingerprint density at radius 2 is 2.36 bits per heavy atom. The van der Waals surface area contributed by atoms with E-state index in [1.165, 1.54) is 0 Å². The van der Waals surface area contributed by atoms with Gasteiger partial charge in [-0.1, -0.05) is 12.1 Å². The van der Waals surface area contributed by atoms with E-state index in [0.29, 0.717) is 11.6 Å². The molecule has 1 atom stereocenters. The zero-order chi connectivity index (χ0) is 10.1. The molecule has 0 fully saturated rings. The Balaban J connectivity index is 2.49. The van der Waals surface area contributed by atoms with Crippen LogP contribution in [0.5, 0.6) is 0 Å². The van der Waals surface area contributed by atoms with Gasteiger partial charge in [0.25, 0.3) is 0 Å². The number of carboxylic acids is 1. The smallest absolute Gasteiger partial charge is 0.335 e. The first-order valence-electron chi connectivity index (χ1n) is 4.76. The Labute approximate surface area is 82.8 Å². The van der Waals surface area contributed by atoms with E-state index in [-0.39, 0.29) is 0 Å². The van der Waals surface area contributed by atoms with E-state index in [2.05, 4.69) is 5.32 Å². The molecule has 0 spiro atoms. The van der Waals surface area contributed by atoms with Gasteiger partial charge in [0.2, 0.25) is 0 Å². The van der Waals surface area contributed by atoms with Crippen molar-refractivity contribution in [3.63, 3.8) is 0 Å². The van der Waals surface area contributed by atoms with Crippen LogP contribution >= 0.6 is 0 Å². The largest absolute Gasteiger partial charge is 0.478 e. The highest BCUT2D eigenvalue weighted by Crippen LogP contribution is 2.32. The molecule has 0 bridgehead atoms. The molecule has 1 aromatic carbocycles. The van der Waals surface area contributed by atoms with Crippen molar-refractivity contribution in [2.75, 3.05) is 7.05 Å². The predicted molar refractivity (Wildman–Crippen MR) is 53.5 cm³/mol. The number of fused-ring (bicyclic) bond motifs is 1. The van der Waals surface area contributed by atoms with Crippen molar-refractivity contribution in [1.29, 1.82) is 0 Å². The number of carboxylic acid groups (broad SMARTS) is 1. The first-order chi connectivity index (χ1) is 6.74. The molecular weight excluding hydrogens is 178 g/mol. The maximum atomic E-state index is 10.9. The molecule has 0 radical (unpaired) electrons. The predicted octanol–water partition coefficient (Wildman–Crippen LogP) is 1.59. The summed E-state index contributed by atoms with van der Waals surface area (Å²) in [6.07, 6.45) is 1.86. The number of nitrogens with one attached hydrogen (secondary N) is 1. The molecule has 1 aromatic rings. The fourth-order valence-electron chi connectivity index (χ4n) is 2.15. The van der Waals surface area contributed by atoms with Crippen LogP contribution < -0.4 is 5.32 Å². The lowest BCUT2D eigenvalue weighted by Gasteiger charge is -2.10. The molecule has 1 aliphatic carbocycles. The van der Waals surface area contributed by atoms with Gasteiger partial charge in [0, 0.05) is 6.04 Å². The van der Waals surface area contributed by atoms with Crippen LogP contribution in [0.2, 0.25) is 0 Å². The summed E-state index contributed by atoms with van der Waals surface area (Å²) in [5.74, 6) is -0.821. The lowest BCUT2D eigenvalue weighted by molar-refractivity contribution is 0.0696. The second-order valence-electron chi connectivity index (χ2n) is 3.56. The van der Waals surface area contributed by atoms with Gasteiger partial charge >= 0.3 is 5.97 Å². The Kier molecular flexibility index (Phi) is 2.25. The van der Waals surface area contributed by atoms with Crippen molar-refractivity contribution in [3.8, 4) is 0 Å². The van der Waals surface area contributed by atoms with Gasteiger partial charge in [0.1, 0.15) is 0 Å². The highest BCUT2D eigenvalue weighted by Gasteiger charge is 2.24. The highest BCUT2D eigenvalue weighted by molar-refractivity contribution is 5.90. The van der Waals surface area contributed by atoms with Crippen LogP contribution in [0, 0.1) is 0 Å². The van der Waals surface area contributed by atoms with Crippen LogP contribution in [0.15, 0.2) is 18.2 Å². The monoisotopic (exact) mass is 191 g/mol. The highest BCUT2D eigenvalue weighted by atomic mass is 16.4. The summed E-state index contributed by atoms with van der Waals surface area (Å²) in [7, 11) is 1.91. The van der Waals surface area contributed by atoms with Crippen LogP contribution in [0.25, 0.3) is 0 Å². The van der Waals surface area contributed by atoms with Crippen LogP contribution in [0.1, 0.15) is 33.9 Å². The van der Waals surface area contributed by atoms with E-state index < -0.39 is 5.97 Å². The molecule has 0 saturated carbocycles. The fourth-order valence-corrected chi connectivity index (χ4v) is 2.15. The quantitative estimate of drug-likeness (QED) is 0.746. The molecule has 0 aromatic heterocycles. The maximum Gasteiger partial charge on any atom is 0.335 e. The number of aromatic carboxylic acids is 1. The number of rotatable bonds is 2. The van der Waals surface area contributed by atoms with E-state index in [1.54, 1.807) is 6.07 Å². The van der Waals surface area contributed by atoms with Crippen molar-refractivity contribution in [2.24, 2.45) is 0 Å². The van der Waals surface area contributed by atoms with Gasteiger partial charge in [-0.15, -0.1) is 0 Å². The van der Waals surface area contributed by atoms with Gasteiger partial charge in [0.15, 0.2) is 0 Å². The molecule has 3 nitrogen and oxygen atoms in total. The molecule has 0 heterocycles. The van der Waals surface area contributed by atoms with Gasteiger partial charge in [-0.2, -0.15) is 0 Å². The lowest BCUT2D eigenvalue weighted by Crippen LogP contribution is -2.13. The van der Waals surface area contributed by atoms with Gasteiger partial charge in [-0.25, -0.2) is 4.79 Å². The summed E-state index contributed by atoms with van der Waals surface area (Å²) < 4.78 is 0. The molecule has 0 amide bonds. The van der Waals surface area contributed by atoms with Gasteiger partial charge < -0.3 is 10.4 Å². The molecule has 1 aliphatic rings. The van der Waals surface area contributed by atoms with Crippen LogP contribution in [0.4, 0.5) is 0 Å². The van der Waals surface area contributed by atoms with E-state index in [4.69, 9.17) is 5.11 Å². The minimum atomic E-state index is -0.821. The second kappa shape index (κ2) is 3.42. The van der Waals surface area contributed by atoms with Crippen molar-refractivity contribution >= 4 is 5.97 Å². The average Bonchev–Trinajstić information content (AvgIpc) is 2.59. The van der Waals surface area contributed by atoms with Crippen molar-refractivity contribution in [3.05, 3.63) is 34.9 Å². The first kappa shape index (κ1) is 9.21. The van der Waals surface area contributed by atoms with Crippen LogP contribution in [-0.2, 0) is 6.42 Å². The van der Waals surface area contributed by atoms with Gasteiger partial charge in [-0.05, 0) is 37.1 Å². The van der Waals surface area contributed by atoms with Crippen molar-refractivity contribution < 1.29 is 9.90 Å². The Morgan fingerprint density at radius 1 is 1.57 bits per heavy atom. The van der Waals surface area contributed by atoms with Crippen molar-refractivity contribution in [2.45, 2.75) is 18.9 Å². The number of carbonyl (C=O) groups is 1. The normalized spacial score (nSPS) is 19.4. The van der Waals surface area contributed by atoms with E-state index in [0.717, 1.165) is 24.0 Å². The molecule has 0 saturated heterocycles. The molecule has 14 heavy (non-hydrogen) atoms. The maximum absolute atomic E-state index is 10.9. The van der Waals surface area contributed by atoms with E-state index in [9.17, 15) is 4.79 Å². The number of benzene rings is 1. The topological polar surface area (TPSA) is 49.3 Å². The van der Waals surface area contributed by atoms with E-state index >= 15 is 0 Å². The summed E-state index contributed by atoms with van der Waals surface area (Å²) >= 11 is 0. The zero-order valence-corrected chi connectivity index (χ0v) is 8.08. The van der Waals surface area contributed by atoms with E-state index in [1.807, 2.05) is 19.2 Å². The molecular formula is C11H13NO2. The number of hydrogen-bond acceptors (Lipinski definition) is 2. The van der Waals surface area contributed by atoms with Crippen molar-refractivity contribution in [1.82, 2.24) is 5.32 Å². The summed E-state index contributed by atoms with van der Waals surface area (Å²) in [6.45, 7) is 0. The molecule has 3 heteroatoms. The molecule has 2 rings (SSSR count). The summed E-state index contributed by atoms with van der Waals surface area (Å²) in [4.78, 5) is 10.9. The Morgan fingerprint density at radius 3 is 3.00 bits per heavy atom. The number of hydrogen-bond donors (Lipinski definition) is 2. The minimum Gasteiger partial charge on any atom is -0.478 e. The minimum absolute atomic E-state index is 0.323. The fraction of sp³-hybridized carbons (Fsp3) is 0.364. The first-order valence-corrected chi connectivity index (χ1v) is 4.76. The van der Waals surface area contributed by atoms with Gasteiger partial charge in [0.05, 0.1) is 5.56 Å². The third-order valence-electron chi connectivity index (χ3n) is 2.85. The second-order valence-corrected chi connectivity index (χ2v) is 3.56. The summed E-state index contributed by atoms with van der Waals surface area (Å²) in [5.41, 5.74) is 2.60. The SMILES string of the molecule is CNC1CCc2c(C(=O)O)cccc21. The third-order valence-corrected chi connectivity index (χ3v) is 2.85. The zero-order valence-electron chi connectivity index (χ0n) is 8.08. The Bertz CT molecular complexity index is 374. The molecule has 2 N–H and O–H groups in total. The average molecular weight is 191 g/mol. The molecule has 74 valence electrons. The van der Waals surface area contributed by atoms with Gasteiger partial charge in [-0.3, -0.25) is 0 Å². The Hall–Kier alpha value is -1.35. The molecule has 0 aliphatic heterocycles. The summed E-state index contributed by atoms with van der Waals surface area (Å²) in [6, 6.07) is 5.83.